The van der Waals surface area contributed by atoms with Crippen LogP contribution in [0.4, 0.5) is 0 Å². The van der Waals surface area contributed by atoms with Crippen molar-refractivity contribution in [2.45, 2.75) is 0 Å². The van der Waals surface area contributed by atoms with Crippen LogP contribution in [0.2, 0.25) is 0 Å². The van der Waals surface area contributed by atoms with E-state index in [1.165, 1.54) is 0 Å². The normalized spacial score (nSPS) is 14.4. The molecule has 0 spiro atoms. The number of rotatable bonds is 4. The number of halogens is 1. The Balaban J connectivity index is 1.77. The molecule has 0 unspecified atom stereocenters. The number of benzene rings is 2. The van der Waals surface area contributed by atoms with Crippen LogP contribution in [0.3, 0.4) is 0 Å². The maximum Gasteiger partial charge on any atom is 0.264 e. The number of nitrogens with zero attached hydrogens (tertiary/aromatic N) is 4. The van der Waals surface area contributed by atoms with Crippen molar-refractivity contribution in [2.75, 3.05) is 26.3 Å². The lowest BCUT2D eigenvalue weighted by molar-refractivity contribution is -0.130. The van der Waals surface area contributed by atoms with E-state index in [1.54, 1.807) is 15.7 Å². The van der Waals surface area contributed by atoms with E-state index in [0.29, 0.717) is 37.6 Å². The van der Waals surface area contributed by atoms with Crippen molar-refractivity contribution in [3.8, 4) is 23.0 Å². The first kappa shape index (κ1) is 20.1. The molecule has 3 aromatic rings. The van der Waals surface area contributed by atoms with Gasteiger partial charge in [-0.15, -0.1) is 0 Å². The highest BCUT2D eigenvalue weighted by Gasteiger charge is 2.22. The van der Waals surface area contributed by atoms with Crippen LogP contribution < -0.4 is 0 Å². The maximum absolute atomic E-state index is 12.8. The molecule has 7 heteroatoms. The predicted molar refractivity (Wildman–Crippen MR) is 118 cm³/mol. The van der Waals surface area contributed by atoms with Gasteiger partial charge in [0.15, 0.2) is 0 Å². The summed E-state index contributed by atoms with van der Waals surface area (Å²) in [7, 11) is 0. The molecule has 2 heterocycles. The third-order valence-electron chi connectivity index (χ3n) is 4.83. The molecule has 0 radical (unpaired) electrons. The van der Waals surface area contributed by atoms with E-state index in [1.807, 2.05) is 60.8 Å². The van der Waals surface area contributed by atoms with Gasteiger partial charge in [0.05, 0.1) is 24.6 Å². The average Bonchev–Trinajstić information content (AvgIpc) is 3.22. The Morgan fingerprint density at radius 1 is 1.10 bits per heavy atom. The van der Waals surface area contributed by atoms with Crippen LogP contribution >= 0.6 is 15.9 Å². The van der Waals surface area contributed by atoms with Crippen LogP contribution in [0.25, 0.3) is 23.0 Å². The summed E-state index contributed by atoms with van der Waals surface area (Å²) in [4.78, 5) is 14.5. The molecule has 1 aromatic heterocycles. The smallest absolute Gasteiger partial charge is 0.264 e. The van der Waals surface area contributed by atoms with Gasteiger partial charge in [-0.25, -0.2) is 4.68 Å². The second kappa shape index (κ2) is 9.08. The summed E-state index contributed by atoms with van der Waals surface area (Å²) in [5.41, 5.74) is 3.29. The molecule has 1 fully saturated rings. The van der Waals surface area contributed by atoms with Crippen molar-refractivity contribution in [1.29, 1.82) is 5.26 Å². The molecule has 1 aliphatic heterocycles. The molecule has 30 heavy (non-hydrogen) atoms. The van der Waals surface area contributed by atoms with Gasteiger partial charge in [-0.3, -0.25) is 4.79 Å². The fourth-order valence-corrected chi connectivity index (χ4v) is 3.54. The molecule has 4 rings (SSSR count). The minimum atomic E-state index is -0.282. The monoisotopic (exact) mass is 462 g/mol. The Kier molecular flexibility index (Phi) is 6.07. The molecule has 1 amide bonds. The first-order valence-corrected chi connectivity index (χ1v) is 10.3. The van der Waals surface area contributed by atoms with Gasteiger partial charge in [-0.1, -0.05) is 46.3 Å². The Morgan fingerprint density at radius 2 is 1.80 bits per heavy atom. The highest BCUT2D eigenvalue weighted by atomic mass is 79.9. The lowest BCUT2D eigenvalue weighted by Gasteiger charge is -2.26. The quantitative estimate of drug-likeness (QED) is 0.432. The van der Waals surface area contributed by atoms with Crippen molar-refractivity contribution >= 4 is 27.9 Å². The van der Waals surface area contributed by atoms with Crippen LogP contribution in [-0.2, 0) is 9.53 Å². The predicted octanol–water partition coefficient (Wildman–Crippen LogP) is 4.07. The summed E-state index contributed by atoms with van der Waals surface area (Å²) in [6, 6.07) is 19.6. The number of para-hydroxylation sites is 1. The van der Waals surface area contributed by atoms with Crippen LogP contribution in [0.15, 0.2) is 70.8 Å². The van der Waals surface area contributed by atoms with Crippen LogP contribution in [0.1, 0.15) is 5.56 Å². The lowest BCUT2D eigenvalue weighted by atomic mass is 10.1. The zero-order valence-electron chi connectivity index (χ0n) is 16.2. The molecule has 150 valence electrons. The van der Waals surface area contributed by atoms with Crippen LogP contribution in [0.5, 0.6) is 0 Å². The van der Waals surface area contributed by atoms with Crippen molar-refractivity contribution in [3.63, 3.8) is 0 Å². The highest BCUT2D eigenvalue weighted by molar-refractivity contribution is 9.10. The fraction of sp³-hybridized carbons (Fsp3) is 0.174. The molecule has 0 atom stereocenters. The van der Waals surface area contributed by atoms with E-state index < -0.39 is 0 Å². The van der Waals surface area contributed by atoms with Gasteiger partial charge in [0, 0.05) is 34.9 Å². The number of carbonyl (C=O) groups excluding carboxylic acids is 1. The first-order valence-electron chi connectivity index (χ1n) is 9.55. The number of carbonyl (C=O) groups is 1. The Bertz CT molecular complexity index is 1110. The molecule has 2 aromatic carbocycles. The second-order valence-electron chi connectivity index (χ2n) is 6.79. The minimum Gasteiger partial charge on any atom is -0.378 e. The Labute approximate surface area is 183 Å². The van der Waals surface area contributed by atoms with Gasteiger partial charge in [0.2, 0.25) is 0 Å². The van der Waals surface area contributed by atoms with Gasteiger partial charge in [-0.05, 0) is 30.3 Å². The second-order valence-corrected chi connectivity index (χ2v) is 7.71. The molecule has 0 bridgehead atoms. The van der Waals surface area contributed by atoms with Gasteiger partial charge in [0.1, 0.15) is 11.6 Å². The molecule has 6 nitrogen and oxygen atoms in total. The number of nitriles is 1. The lowest BCUT2D eigenvalue weighted by Crippen LogP contribution is -2.41. The largest absolute Gasteiger partial charge is 0.378 e. The zero-order valence-corrected chi connectivity index (χ0v) is 17.7. The van der Waals surface area contributed by atoms with Crippen LogP contribution in [0, 0.1) is 11.3 Å². The van der Waals surface area contributed by atoms with Gasteiger partial charge in [0.25, 0.3) is 5.91 Å². The van der Waals surface area contributed by atoms with E-state index >= 15 is 0 Å². The zero-order chi connectivity index (χ0) is 20.9. The summed E-state index contributed by atoms with van der Waals surface area (Å²) < 4.78 is 8.03. The average molecular weight is 463 g/mol. The summed E-state index contributed by atoms with van der Waals surface area (Å²) in [5.74, 6) is -0.282. The first-order chi connectivity index (χ1) is 14.7. The molecule has 1 saturated heterocycles. The van der Waals surface area contributed by atoms with Crippen LogP contribution in [-0.4, -0.2) is 46.9 Å². The van der Waals surface area contributed by atoms with Crippen molar-refractivity contribution in [1.82, 2.24) is 14.7 Å². The maximum atomic E-state index is 12.8. The molecule has 1 aliphatic rings. The number of hydrogen-bond donors (Lipinski definition) is 0. The van der Waals surface area contributed by atoms with E-state index in [0.717, 1.165) is 15.7 Å². The summed E-state index contributed by atoms with van der Waals surface area (Å²) in [6.45, 7) is 1.95. The van der Waals surface area contributed by atoms with Gasteiger partial charge >= 0.3 is 0 Å². The summed E-state index contributed by atoms with van der Waals surface area (Å²) >= 11 is 3.45. The van der Waals surface area contributed by atoms with Gasteiger partial charge < -0.3 is 9.64 Å². The number of ether oxygens (including phenoxy) is 1. The number of amides is 1. The molecule has 0 saturated carbocycles. The Hall–Kier alpha value is -3.21. The molecule has 0 N–H and O–H groups in total. The van der Waals surface area contributed by atoms with Crippen molar-refractivity contribution in [2.24, 2.45) is 0 Å². The van der Waals surface area contributed by atoms with Crippen molar-refractivity contribution in [3.05, 3.63) is 76.4 Å². The molecular formula is C23H19BrN4O2. The minimum absolute atomic E-state index is 0.0860. The number of hydrogen-bond acceptors (Lipinski definition) is 4. The van der Waals surface area contributed by atoms with E-state index in [9.17, 15) is 10.1 Å². The van der Waals surface area contributed by atoms with Crippen molar-refractivity contribution < 1.29 is 9.53 Å². The van der Waals surface area contributed by atoms with E-state index in [2.05, 4.69) is 22.0 Å². The topological polar surface area (TPSA) is 71.2 Å². The standard InChI is InChI=1S/C23H19BrN4O2/c24-20-8-6-17(7-9-20)22-19(16-28(26-22)21-4-2-1-3-5-21)14-18(15-25)23(29)27-10-12-30-13-11-27/h1-9,14,16H,10-13H2. The number of morpholine rings is 1. The molecule has 0 aliphatic carbocycles. The van der Waals surface area contributed by atoms with Gasteiger partial charge in [-0.2, -0.15) is 10.4 Å². The number of aromatic nitrogens is 2. The highest BCUT2D eigenvalue weighted by Crippen LogP contribution is 2.27. The fourth-order valence-electron chi connectivity index (χ4n) is 3.27. The third-order valence-corrected chi connectivity index (χ3v) is 5.36. The summed E-state index contributed by atoms with van der Waals surface area (Å²) in [6.07, 6.45) is 3.47. The SMILES string of the molecule is N#CC(=Cc1cn(-c2ccccc2)nc1-c1ccc(Br)cc1)C(=O)N1CCOCC1. The van der Waals surface area contributed by atoms with E-state index in [4.69, 9.17) is 9.84 Å². The Morgan fingerprint density at radius 3 is 2.47 bits per heavy atom. The third kappa shape index (κ3) is 4.35. The molecular weight excluding hydrogens is 444 g/mol. The van der Waals surface area contributed by atoms with E-state index in [-0.39, 0.29) is 11.5 Å². The summed E-state index contributed by atoms with van der Waals surface area (Å²) in [5, 5.41) is 14.4.